The van der Waals surface area contributed by atoms with Gasteiger partial charge >= 0.3 is 0 Å². The summed E-state index contributed by atoms with van der Waals surface area (Å²) in [6.45, 7) is 3.88. The van der Waals surface area contributed by atoms with Crippen LogP contribution in [-0.4, -0.2) is 26.3 Å². The van der Waals surface area contributed by atoms with Gasteiger partial charge in [-0.1, -0.05) is 29.8 Å². The minimum absolute atomic E-state index is 0.169. The highest BCUT2D eigenvalue weighted by Crippen LogP contribution is 2.22. The van der Waals surface area contributed by atoms with E-state index >= 15 is 0 Å². The molecule has 5 nitrogen and oxygen atoms in total. The minimum atomic E-state index is -3.73. The first kappa shape index (κ1) is 21.5. The first-order valence-corrected chi connectivity index (χ1v) is 10.8. The highest BCUT2D eigenvalue weighted by molar-refractivity contribution is 7.92. The third-order valence-corrected chi connectivity index (χ3v) is 6.09. The number of hydrogen-bond acceptors (Lipinski definition) is 3. The zero-order valence-corrected chi connectivity index (χ0v) is 17.8. The number of aryl methyl sites for hydroxylation is 2. The summed E-state index contributed by atoms with van der Waals surface area (Å²) in [6, 6.07) is 17.4. The molecule has 3 rings (SSSR count). The number of sulfonamides is 1. The summed E-state index contributed by atoms with van der Waals surface area (Å²) in [5, 5.41) is 0. The van der Waals surface area contributed by atoms with Gasteiger partial charge in [-0.25, -0.2) is 12.8 Å². The van der Waals surface area contributed by atoms with Gasteiger partial charge in [-0.2, -0.15) is 0 Å². The van der Waals surface area contributed by atoms with E-state index in [1.54, 1.807) is 68.6 Å². The van der Waals surface area contributed by atoms with Crippen molar-refractivity contribution in [3.8, 4) is 0 Å². The van der Waals surface area contributed by atoms with Crippen molar-refractivity contribution in [1.82, 2.24) is 4.90 Å². The monoisotopic (exact) mass is 426 g/mol. The molecule has 1 amide bonds. The Kier molecular flexibility index (Phi) is 6.22. The second-order valence-corrected chi connectivity index (χ2v) is 8.92. The molecule has 0 aliphatic heterocycles. The van der Waals surface area contributed by atoms with Crippen molar-refractivity contribution < 1.29 is 17.6 Å². The number of halogens is 1. The molecule has 0 fully saturated rings. The molecule has 0 spiro atoms. The van der Waals surface area contributed by atoms with E-state index in [1.165, 1.54) is 17.0 Å². The molecular weight excluding hydrogens is 403 g/mol. The van der Waals surface area contributed by atoms with Gasteiger partial charge in [0.1, 0.15) is 5.82 Å². The molecule has 0 saturated heterocycles. The fraction of sp³-hybridized carbons (Fsp3) is 0.174. The van der Waals surface area contributed by atoms with Gasteiger partial charge < -0.3 is 4.90 Å². The van der Waals surface area contributed by atoms with Crippen LogP contribution in [0.15, 0.2) is 71.6 Å². The number of carbonyl (C=O) groups is 1. The number of benzene rings is 3. The summed E-state index contributed by atoms with van der Waals surface area (Å²) in [7, 11) is -2.09. The molecule has 3 aromatic rings. The second-order valence-electron chi connectivity index (χ2n) is 7.24. The standard InChI is InChI=1S/C23H23FN2O3S/c1-16-7-10-21(11-8-16)30(28,29)25-22-12-9-19(13-17(22)2)23(27)26(3)15-18-5-4-6-20(24)14-18/h4-14,25H,15H2,1-3H3. The quantitative estimate of drug-likeness (QED) is 0.630. The van der Waals surface area contributed by atoms with Gasteiger partial charge in [-0.05, 0) is 67.4 Å². The van der Waals surface area contributed by atoms with Crippen molar-refractivity contribution in [3.05, 3.63) is 94.8 Å². The minimum Gasteiger partial charge on any atom is -0.337 e. The van der Waals surface area contributed by atoms with E-state index in [-0.39, 0.29) is 23.2 Å². The molecule has 30 heavy (non-hydrogen) atoms. The lowest BCUT2D eigenvalue weighted by Gasteiger charge is -2.18. The van der Waals surface area contributed by atoms with Crippen molar-refractivity contribution in [2.45, 2.75) is 25.3 Å². The fourth-order valence-electron chi connectivity index (χ4n) is 3.03. The maximum Gasteiger partial charge on any atom is 0.261 e. The van der Waals surface area contributed by atoms with Crippen molar-refractivity contribution in [2.75, 3.05) is 11.8 Å². The molecular formula is C23H23FN2O3S. The fourth-order valence-corrected chi connectivity index (χ4v) is 4.16. The van der Waals surface area contributed by atoms with E-state index < -0.39 is 10.0 Å². The third-order valence-electron chi connectivity index (χ3n) is 4.70. The Hall–Kier alpha value is -3.19. The van der Waals surface area contributed by atoms with E-state index in [0.29, 0.717) is 22.4 Å². The molecule has 1 N–H and O–H groups in total. The first-order chi connectivity index (χ1) is 14.2. The van der Waals surface area contributed by atoms with Crippen molar-refractivity contribution in [2.24, 2.45) is 0 Å². The van der Waals surface area contributed by atoms with Crippen LogP contribution in [0.3, 0.4) is 0 Å². The number of carbonyl (C=O) groups excluding carboxylic acids is 1. The van der Waals surface area contributed by atoms with Crippen LogP contribution in [0.5, 0.6) is 0 Å². The molecule has 3 aromatic carbocycles. The van der Waals surface area contributed by atoms with Crippen LogP contribution in [0, 0.1) is 19.7 Å². The van der Waals surface area contributed by atoms with Crippen molar-refractivity contribution >= 4 is 21.6 Å². The molecule has 0 aliphatic carbocycles. The van der Waals surface area contributed by atoms with E-state index in [1.807, 2.05) is 6.92 Å². The first-order valence-electron chi connectivity index (χ1n) is 9.36. The normalized spacial score (nSPS) is 11.2. The van der Waals surface area contributed by atoms with E-state index in [9.17, 15) is 17.6 Å². The molecule has 0 unspecified atom stereocenters. The Labute approximate surface area is 176 Å². The van der Waals surface area contributed by atoms with Gasteiger partial charge in [0.2, 0.25) is 0 Å². The number of rotatable bonds is 6. The van der Waals surface area contributed by atoms with Gasteiger partial charge in [0.15, 0.2) is 0 Å². The van der Waals surface area contributed by atoms with Gasteiger partial charge in [-0.3, -0.25) is 9.52 Å². The van der Waals surface area contributed by atoms with Crippen molar-refractivity contribution in [3.63, 3.8) is 0 Å². The summed E-state index contributed by atoms with van der Waals surface area (Å²) < 4.78 is 41.1. The Morgan fingerprint density at radius 2 is 1.70 bits per heavy atom. The Morgan fingerprint density at radius 1 is 1.00 bits per heavy atom. The van der Waals surface area contributed by atoms with Crippen LogP contribution in [0.2, 0.25) is 0 Å². The van der Waals surface area contributed by atoms with Gasteiger partial charge in [0.05, 0.1) is 10.6 Å². The Morgan fingerprint density at radius 3 is 2.33 bits per heavy atom. The molecule has 0 aliphatic rings. The number of nitrogens with one attached hydrogen (secondary N) is 1. The summed E-state index contributed by atoms with van der Waals surface area (Å²) in [6.07, 6.45) is 0. The summed E-state index contributed by atoms with van der Waals surface area (Å²) in [4.78, 5) is 14.4. The lowest BCUT2D eigenvalue weighted by molar-refractivity contribution is 0.0785. The topological polar surface area (TPSA) is 66.5 Å². The van der Waals surface area contributed by atoms with Gasteiger partial charge in [0, 0.05) is 19.2 Å². The third kappa shape index (κ3) is 5.04. The van der Waals surface area contributed by atoms with Crippen LogP contribution >= 0.6 is 0 Å². The number of hydrogen-bond donors (Lipinski definition) is 1. The van der Waals surface area contributed by atoms with E-state index in [0.717, 1.165) is 5.56 Å². The number of nitrogens with zero attached hydrogens (tertiary/aromatic N) is 1. The van der Waals surface area contributed by atoms with Crippen LogP contribution in [0.4, 0.5) is 10.1 Å². The average molecular weight is 427 g/mol. The van der Waals surface area contributed by atoms with E-state index in [2.05, 4.69) is 4.72 Å². The molecule has 7 heteroatoms. The van der Waals surface area contributed by atoms with Crippen LogP contribution in [0.25, 0.3) is 0 Å². The highest BCUT2D eigenvalue weighted by atomic mass is 32.2. The van der Waals surface area contributed by atoms with Crippen molar-refractivity contribution in [1.29, 1.82) is 0 Å². The lowest BCUT2D eigenvalue weighted by Crippen LogP contribution is -2.26. The number of amides is 1. The molecule has 0 heterocycles. The maximum atomic E-state index is 13.4. The molecule has 156 valence electrons. The zero-order valence-electron chi connectivity index (χ0n) is 17.0. The summed E-state index contributed by atoms with van der Waals surface area (Å²) in [5.74, 6) is -0.593. The van der Waals surface area contributed by atoms with Crippen LogP contribution < -0.4 is 4.72 Å². The number of anilines is 1. The molecule has 0 radical (unpaired) electrons. The average Bonchev–Trinajstić information content (AvgIpc) is 2.69. The maximum absolute atomic E-state index is 13.4. The highest BCUT2D eigenvalue weighted by Gasteiger charge is 2.17. The molecule has 0 saturated carbocycles. The van der Waals surface area contributed by atoms with Crippen LogP contribution in [0.1, 0.15) is 27.0 Å². The Bertz CT molecular complexity index is 1180. The summed E-state index contributed by atoms with van der Waals surface area (Å²) in [5.41, 5.74) is 3.10. The van der Waals surface area contributed by atoms with E-state index in [4.69, 9.17) is 0 Å². The van der Waals surface area contributed by atoms with Crippen LogP contribution in [-0.2, 0) is 16.6 Å². The smallest absolute Gasteiger partial charge is 0.261 e. The molecule has 0 aromatic heterocycles. The SMILES string of the molecule is Cc1ccc(S(=O)(=O)Nc2ccc(C(=O)N(C)Cc3cccc(F)c3)cc2C)cc1. The Balaban J connectivity index is 1.75. The summed E-state index contributed by atoms with van der Waals surface area (Å²) >= 11 is 0. The molecule has 0 bridgehead atoms. The predicted molar refractivity (Wildman–Crippen MR) is 115 cm³/mol. The van der Waals surface area contributed by atoms with Gasteiger partial charge in [0.25, 0.3) is 15.9 Å². The second kappa shape index (κ2) is 8.67. The molecule has 0 atom stereocenters. The zero-order chi connectivity index (χ0) is 21.9. The van der Waals surface area contributed by atoms with Gasteiger partial charge in [-0.15, -0.1) is 0 Å². The predicted octanol–water partition coefficient (Wildman–Crippen LogP) is 4.52. The largest absolute Gasteiger partial charge is 0.337 e. The lowest BCUT2D eigenvalue weighted by atomic mass is 10.1.